The van der Waals surface area contributed by atoms with Crippen molar-refractivity contribution in [1.82, 2.24) is 0 Å². The molecule has 1 saturated carbocycles. The van der Waals surface area contributed by atoms with Gasteiger partial charge in [0.2, 0.25) is 0 Å². The lowest BCUT2D eigenvalue weighted by Gasteiger charge is -2.41. The average Bonchev–Trinajstić information content (AvgIpc) is 2.41. The van der Waals surface area contributed by atoms with E-state index >= 15 is 0 Å². The maximum Gasteiger partial charge on any atom is 0.472 e. The van der Waals surface area contributed by atoms with E-state index in [1.54, 1.807) is 0 Å². The Balaban J connectivity index is 2.14. The predicted octanol–water partition coefficient (Wildman–Crippen LogP) is 1.21. The second kappa shape index (κ2) is 3.51. The topological polar surface area (TPSA) is 44.5 Å². The Morgan fingerprint density at radius 3 is 2.86 bits per heavy atom. The lowest BCUT2D eigenvalue weighted by molar-refractivity contribution is -0.0318. The fourth-order valence-electron chi connectivity index (χ4n) is 3.24. The number of nitrogens with two attached hydrogens (primary N) is 1. The first-order valence-electron chi connectivity index (χ1n) is 5.58. The van der Waals surface area contributed by atoms with Crippen molar-refractivity contribution in [2.75, 3.05) is 6.44 Å². The van der Waals surface area contributed by atoms with Crippen molar-refractivity contribution in [1.29, 1.82) is 0 Å². The zero-order valence-corrected chi connectivity index (χ0v) is 9.32. The molecule has 0 aromatic heterocycles. The summed E-state index contributed by atoms with van der Waals surface area (Å²) in [5, 5.41) is 0. The summed E-state index contributed by atoms with van der Waals surface area (Å²) in [5.74, 6) is 1.31. The van der Waals surface area contributed by atoms with E-state index in [1.165, 1.54) is 6.42 Å². The van der Waals surface area contributed by atoms with E-state index < -0.39 is 0 Å². The Kier molecular flexibility index (Phi) is 2.62. The van der Waals surface area contributed by atoms with E-state index in [4.69, 9.17) is 15.0 Å². The molecule has 4 atom stereocenters. The quantitative estimate of drug-likeness (QED) is 0.642. The summed E-state index contributed by atoms with van der Waals surface area (Å²) in [6.07, 6.45) is 3.04. The number of rotatable bonds is 1. The van der Waals surface area contributed by atoms with E-state index in [9.17, 15) is 0 Å². The molecule has 1 saturated heterocycles. The molecule has 0 radical (unpaired) electrons. The van der Waals surface area contributed by atoms with Crippen LogP contribution in [0.3, 0.4) is 0 Å². The van der Waals surface area contributed by atoms with Crippen molar-refractivity contribution in [3.63, 3.8) is 0 Å². The zero-order valence-electron chi connectivity index (χ0n) is 9.32. The molecule has 80 valence electrons. The normalized spacial score (nSPS) is 48.0. The third kappa shape index (κ3) is 1.60. The third-order valence-corrected chi connectivity index (χ3v) is 3.54. The van der Waals surface area contributed by atoms with E-state index in [2.05, 4.69) is 20.8 Å². The molecule has 2 unspecified atom stereocenters. The Morgan fingerprint density at radius 1 is 1.50 bits per heavy atom. The number of fused-ring (bicyclic) bond motifs is 1. The van der Waals surface area contributed by atoms with Crippen LogP contribution in [0.25, 0.3) is 0 Å². The minimum atomic E-state index is -0.183. The second-order valence-electron chi connectivity index (χ2n) is 5.17. The van der Waals surface area contributed by atoms with Gasteiger partial charge >= 0.3 is 7.12 Å². The Labute approximate surface area is 86.5 Å². The van der Waals surface area contributed by atoms with Gasteiger partial charge in [-0.25, -0.2) is 0 Å². The molecular weight excluding hydrogens is 177 g/mol. The van der Waals surface area contributed by atoms with Gasteiger partial charge in [-0.05, 0) is 31.6 Å². The van der Waals surface area contributed by atoms with Gasteiger partial charge < -0.3 is 15.0 Å². The summed E-state index contributed by atoms with van der Waals surface area (Å²) in [6, 6.07) is 0. The fraction of sp³-hybridized carbons (Fsp3) is 1.00. The van der Waals surface area contributed by atoms with Gasteiger partial charge in [-0.15, -0.1) is 0 Å². The molecule has 0 amide bonds. The summed E-state index contributed by atoms with van der Waals surface area (Å²) < 4.78 is 11.7. The predicted molar refractivity (Wildman–Crippen MR) is 56.7 cm³/mol. The first-order valence-corrected chi connectivity index (χ1v) is 5.58. The van der Waals surface area contributed by atoms with Crippen molar-refractivity contribution in [3.8, 4) is 0 Å². The van der Waals surface area contributed by atoms with Gasteiger partial charge in [0.15, 0.2) is 0 Å². The summed E-state index contributed by atoms with van der Waals surface area (Å²) in [6.45, 7) is 6.71. The largest absolute Gasteiger partial charge is 0.472 e. The van der Waals surface area contributed by atoms with E-state index in [0.29, 0.717) is 12.4 Å². The zero-order chi connectivity index (χ0) is 10.3. The van der Waals surface area contributed by atoms with Crippen LogP contribution in [0.2, 0.25) is 0 Å². The average molecular weight is 197 g/mol. The SMILES string of the molecule is CC1C[C@@H](C)C[C@]2(C)OB(CN)OC12. The lowest BCUT2D eigenvalue weighted by atomic mass is 9.72. The van der Waals surface area contributed by atoms with Crippen molar-refractivity contribution in [2.45, 2.75) is 45.3 Å². The standard InChI is InChI=1S/C10H20BNO2/c1-7-4-8(2)9-10(3,5-7)14-11(6-12)13-9/h7-9H,4-6,12H2,1-3H3/t7-,8?,9?,10+/m1/s1. The van der Waals surface area contributed by atoms with Crippen molar-refractivity contribution in [2.24, 2.45) is 17.6 Å². The monoisotopic (exact) mass is 197 g/mol. The summed E-state index contributed by atoms with van der Waals surface area (Å²) in [4.78, 5) is 0. The highest BCUT2D eigenvalue weighted by molar-refractivity contribution is 6.45. The van der Waals surface area contributed by atoms with Crippen molar-refractivity contribution < 1.29 is 9.31 Å². The van der Waals surface area contributed by atoms with Crippen LogP contribution in [0.4, 0.5) is 0 Å². The van der Waals surface area contributed by atoms with Crippen LogP contribution in [-0.4, -0.2) is 25.3 Å². The van der Waals surface area contributed by atoms with Gasteiger partial charge in [0.1, 0.15) is 0 Å². The van der Waals surface area contributed by atoms with Gasteiger partial charge in [0.25, 0.3) is 0 Å². The van der Waals surface area contributed by atoms with E-state index in [-0.39, 0.29) is 18.8 Å². The molecule has 0 bridgehead atoms. The van der Waals surface area contributed by atoms with Crippen LogP contribution in [0.5, 0.6) is 0 Å². The summed E-state index contributed by atoms with van der Waals surface area (Å²) >= 11 is 0. The molecule has 2 N–H and O–H groups in total. The van der Waals surface area contributed by atoms with Crippen LogP contribution in [-0.2, 0) is 9.31 Å². The van der Waals surface area contributed by atoms with Crippen molar-refractivity contribution in [3.05, 3.63) is 0 Å². The van der Waals surface area contributed by atoms with Crippen LogP contribution in [0, 0.1) is 11.8 Å². The Bertz CT molecular complexity index is 226. The van der Waals surface area contributed by atoms with Crippen LogP contribution < -0.4 is 5.73 Å². The maximum absolute atomic E-state index is 5.90. The van der Waals surface area contributed by atoms with Gasteiger partial charge in [-0.2, -0.15) is 0 Å². The molecule has 1 aliphatic heterocycles. The molecule has 2 aliphatic rings. The van der Waals surface area contributed by atoms with Gasteiger partial charge in [0, 0.05) is 6.44 Å². The highest BCUT2D eigenvalue weighted by atomic mass is 16.7. The first-order chi connectivity index (χ1) is 6.55. The molecule has 14 heavy (non-hydrogen) atoms. The summed E-state index contributed by atoms with van der Waals surface area (Å²) in [5.41, 5.74) is 5.48. The van der Waals surface area contributed by atoms with E-state index in [1.807, 2.05) is 0 Å². The highest BCUT2D eigenvalue weighted by Gasteiger charge is 2.52. The molecule has 0 aromatic carbocycles. The van der Waals surface area contributed by atoms with Crippen LogP contribution in [0.15, 0.2) is 0 Å². The molecule has 1 heterocycles. The lowest BCUT2D eigenvalue weighted by Crippen LogP contribution is -2.46. The molecule has 0 aromatic rings. The molecule has 1 aliphatic carbocycles. The molecular formula is C10H20BNO2. The fourth-order valence-corrected chi connectivity index (χ4v) is 3.24. The minimum absolute atomic E-state index is 0.0961. The third-order valence-electron chi connectivity index (χ3n) is 3.54. The van der Waals surface area contributed by atoms with Crippen molar-refractivity contribution >= 4 is 7.12 Å². The summed E-state index contributed by atoms with van der Waals surface area (Å²) in [7, 11) is -0.183. The minimum Gasteiger partial charge on any atom is -0.404 e. The Morgan fingerprint density at radius 2 is 2.21 bits per heavy atom. The highest BCUT2D eigenvalue weighted by Crippen LogP contribution is 2.44. The second-order valence-corrected chi connectivity index (χ2v) is 5.17. The van der Waals surface area contributed by atoms with Crippen LogP contribution >= 0.6 is 0 Å². The number of hydrogen-bond acceptors (Lipinski definition) is 3. The van der Waals surface area contributed by atoms with Gasteiger partial charge in [-0.3, -0.25) is 0 Å². The Hall–Kier alpha value is -0.0551. The van der Waals surface area contributed by atoms with E-state index in [0.717, 1.165) is 12.3 Å². The molecule has 3 nitrogen and oxygen atoms in total. The van der Waals surface area contributed by atoms with Gasteiger partial charge in [0.05, 0.1) is 11.7 Å². The number of hydrogen-bond donors (Lipinski definition) is 1. The molecule has 2 rings (SSSR count). The molecule has 2 fully saturated rings. The molecule has 0 spiro atoms. The smallest absolute Gasteiger partial charge is 0.404 e. The molecule has 4 heteroatoms. The van der Waals surface area contributed by atoms with Gasteiger partial charge in [-0.1, -0.05) is 13.8 Å². The maximum atomic E-state index is 5.90. The van der Waals surface area contributed by atoms with Crippen LogP contribution in [0.1, 0.15) is 33.6 Å². The first kappa shape index (κ1) is 10.5.